The van der Waals surface area contributed by atoms with E-state index in [1.54, 1.807) is 12.3 Å². The van der Waals surface area contributed by atoms with Gasteiger partial charge in [-0.2, -0.15) is 5.10 Å². The van der Waals surface area contributed by atoms with Crippen LogP contribution in [0.15, 0.2) is 24.4 Å². The number of anilines is 1. The predicted molar refractivity (Wildman–Crippen MR) is 108 cm³/mol. The second-order valence-electron chi connectivity index (χ2n) is 6.74. The highest BCUT2D eigenvalue weighted by atomic mass is 35.5. The van der Waals surface area contributed by atoms with Gasteiger partial charge in [-0.3, -0.25) is 5.10 Å². The summed E-state index contributed by atoms with van der Waals surface area (Å²) < 4.78 is 0. The molecular formula is C17H19Cl3N6. The minimum absolute atomic E-state index is 0. The normalized spacial score (nSPS) is 16.5. The average Bonchev–Trinajstić information content (AvgIpc) is 3.00. The molecule has 9 heteroatoms. The molecule has 1 saturated heterocycles. The minimum atomic E-state index is -0.100. The van der Waals surface area contributed by atoms with Crippen molar-refractivity contribution in [1.29, 1.82) is 0 Å². The Bertz CT molecular complexity index is 929. The van der Waals surface area contributed by atoms with Crippen molar-refractivity contribution in [2.75, 3.05) is 18.0 Å². The molecule has 2 aromatic heterocycles. The minimum Gasteiger partial charge on any atom is -0.355 e. The quantitative estimate of drug-likeness (QED) is 0.661. The van der Waals surface area contributed by atoms with Crippen LogP contribution in [-0.2, 0) is 0 Å². The monoisotopic (exact) mass is 412 g/mol. The highest BCUT2D eigenvalue weighted by molar-refractivity contribution is 6.43. The number of halogens is 3. The van der Waals surface area contributed by atoms with Gasteiger partial charge >= 0.3 is 0 Å². The number of benzene rings is 1. The third-order valence-corrected chi connectivity index (χ3v) is 5.52. The lowest BCUT2D eigenvalue weighted by Crippen LogP contribution is -2.48. The third-order valence-electron chi connectivity index (χ3n) is 4.70. The standard InChI is InChI=1S/C17H18Cl2N6.ClH/c1-17(20)5-7-25(8-6-17)12-9-21-15-14(23-24-16(15)22-12)10-3-2-4-11(18)13(10)19;/h2-4,9H,5-8,20H2,1H3,(H,22,23,24);1H. The maximum Gasteiger partial charge on any atom is 0.202 e. The van der Waals surface area contributed by atoms with E-state index in [0.29, 0.717) is 21.2 Å². The first-order chi connectivity index (χ1) is 11.9. The first-order valence-corrected chi connectivity index (χ1v) is 8.89. The first-order valence-electron chi connectivity index (χ1n) is 8.14. The van der Waals surface area contributed by atoms with Crippen molar-refractivity contribution in [1.82, 2.24) is 20.2 Å². The second-order valence-corrected chi connectivity index (χ2v) is 7.53. The Morgan fingerprint density at radius 3 is 2.69 bits per heavy atom. The summed E-state index contributed by atoms with van der Waals surface area (Å²) in [5, 5.41) is 8.24. The molecule has 3 aromatic rings. The molecular weight excluding hydrogens is 395 g/mol. The maximum atomic E-state index is 6.32. The molecule has 1 aliphatic rings. The van der Waals surface area contributed by atoms with Crippen LogP contribution in [0, 0.1) is 0 Å². The summed E-state index contributed by atoms with van der Waals surface area (Å²) in [7, 11) is 0. The van der Waals surface area contributed by atoms with E-state index in [-0.39, 0.29) is 17.9 Å². The van der Waals surface area contributed by atoms with Crippen molar-refractivity contribution in [2.45, 2.75) is 25.3 Å². The molecule has 3 N–H and O–H groups in total. The molecule has 1 aromatic carbocycles. The molecule has 0 atom stereocenters. The molecule has 0 radical (unpaired) electrons. The van der Waals surface area contributed by atoms with Crippen molar-refractivity contribution in [3.63, 3.8) is 0 Å². The largest absolute Gasteiger partial charge is 0.355 e. The summed E-state index contributed by atoms with van der Waals surface area (Å²) in [4.78, 5) is 11.4. The molecule has 1 fully saturated rings. The highest BCUT2D eigenvalue weighted by Crippen LogP contribution is 2.35. The second kappa shape index (κ2) is 7.19. The van der Waals surface area contributed by atoms with Crippen molar-refractivity contribution in [3.05, 3.63) is 34.4 Å². The van der Waals surface area contributed by atoms with E-state index in [4.69, 9.17) is 28.9 Å². The summed E-state index contributed by atoms with van der Waals surface area (Å²) in [5.74, 6) is 0.818. The summed E-state index contributed by atoms with van der Waals surface area (Å²) in [6.07, 6.45) is 3.63. The highest BCUT2D eigenvalue weighted by Gasteiger charge is 2.27. The molecule has 3 heterocycles. The molecule has 0 bridgehead atoms. The van der Waals surface area contributed by atoms with Crippen LogP contribution in [-0.4, -0.2) is 38.8 Å². The van der Waals surface area contributed by atoms with E-state index in [2.05, 4.69) is 32.0 Å². The number of fused-ring (bicyclic) bond motifs is 1. The maximum absolute atomic E-state index is 6.32. The number of rotatable bonds is 2. The fraction of sp³-hybridized carbons (Fsp3) is 0.353. The van der Waals surface area contributed by atoms with Gasteiger partial charge in [-0.1, -0.05) is 35.3 Å². The van der Waals surface area contributed by atoms with Crippen LogP contribution >= 0.6 is 35.6 Å². The van der Waals surface area contributed by atoms with Crippen LogP contribution in [0.5, 0.6) is 0 Å². The lowest BCUT2D eigenvalue weighted by Gasteiger charge is -2.37. The van der Waals surface area contributed by atoms with E-state index in [1.807, 2.05) is 12.1 Å². The molecule has 0 amide bonds. The topological polar surface area (TPSA) is 83.7 Å². The number of nitrogens with one attached hydrogen (secondary N) is 1. The molecule has 26 heavy (non-hydrogen) atoms. The zero-order chi connectivity index (χ0) is 17.6. The van der Waals surface area contributed by atoms with Crippen LogP contribution < -0.4 is 10.6 Å². The predicted octanol–water partition coefficient (Wildman–Crippen LogP) is 4.07. The van der Waals surface area contributed by atoms with Crippen LogP contribution in [0.1, 0.15) is 19.8 Å². The van der Waals surface area contributed by atoms with E-state index < -0.39 is 0 Å². The SMILES string of the molecule is CC1(N)CCN(c2cnc3c(-c4cccc(Cl)c4Cl)[nH]nc3n2)CC1.Cl. The summed E-state index contributed by atoms with van der Waals surface area (Å²) in [5.41, 5.74) is 8.81. The van der Waals surface area contributed by atoms with Crippen molar-refractivity contribution >= 4 is 52.6 Å². The van der Waals surface area contributed by atoms with Gasteiger partial charge in [0.05, 0.1) is 21.9 Å². The van der Waals surface area contributed by atoms with Gasteiger partial charge in [0.15, 0.2) is 0 Å². The Morgan fingerprint density at radius 2 is 1.96 bits per heavy atom. The van der Waals surface area contributed by atoms with Gasteiger partial charge in [-0.05, 0) is 25.8 Å². The third kappa shape index (κ3) is 3.47. The van der Waals surface area contributed by atoms with Gasteiger partial charge in [-0.25, -0.2) is 9.97 Å². The Labute approximate surface area is 167 Å². The van der Waals surface area contributed by atoms with Crippen molar-refractivity contribution in [2.24, 2.45) is 5.73 Å². The van der Waals surface area contributed by atoms with Gasteiger partial charge in [-0.15, -0.1) is 12.4 Å². The molecule has 4 rings (SSSR count). The Morgan fingerprint density at radius 1 is 1.23 bits per heavy atom. The van der Waals surface area contributed by atoms with E-state index >= 15 is 0 Å². The fourth-order valence-corrected chi connectivity index (χ4v) is 3.47. The zero-order valence-electron chi connectivity index (χ0n) is 14.2. The van der Waals surface area contributed by atoms with Crippen LogP contribution in [0.3, 0.4) is 0 Å². The van der Waals surface area contributed by atoms with Crippen molar-refractivity contribution < 1.29 is 0 Å². The van der Waals surface area contributed by atoms with Gasteiger partial charge in [0.2, 0.25) is 5.65 Å². The summed E-state index contributed by atoms with van der Waals surface area (Å²) >= 11 is 12.4. The van der Waals surface area contributed by atoms with Gasteiger partial charge < -0.3 is 10.6 Å². The number of aromatic nitrogens is 4. The lowest BCUT2D eigenvalue weighted by molar-refractivity contribution is 0.363. The summed E-state index contributed by atoms with van der Waals surface area (Å²) in [6, 6.07) is 5.47. The number of nitrogens with two attached hydrogens (primary N) is 1. The van der Waals surface area contributed by atoms with Crippen molar-refractivity contribution in [3.8, 4) is 11.3 Å². The van der Waals surface area contributed by atoms with E-state index in [1.165, 1.54) is 0 Å². The number of aromatic amines is 1. The summed E-state index contributed by atoms with van der Waals surface area (Å²) in [6.45, 7) is 3.82. The Balaban J connectivity index is 0.00000196. The lowest BCUT2D eigenvalue weighted by atomic mass is 9.91. The van der Waals surface area contributed by atoms with E-state index in [0.717, 1.165) is 43.0 Å². The number of hydrogen-bond acceptors (Lipinski definition) is 5. The number of hydrogen-bond donors (Lipinski definition) is 2. The number of nitrogens with zero attached hydrogens (tertiary/aromatic N) is 4. The molecule has 0 saturated carbocycles. The smallest absolute Gasteiger partial charge is 0.202 e. The first kappa shape index (κ1) is 19.2. The van der Waals surface area contributed by atoms with Gasteiger partial charge in [0.25, 0.3) is 0 Å². The van der Waals surface area contributed by atoms with Gasteiger partial charge in [0.1, 0.15) is 11.3 Å². The van der Waals surface area contributed by atoms with E-state index in [9.17, 15) is 0 Å². The van der Waals surface area contributed by atoms with Crippen LogP contribution in [0.25, 0.3) is 22.4 Å². The Kier molecular flexibility index (Phi) is 5.30. The average molecular weight is 414 g/mol. The number of piperidine rings is 1. The fourth-order valence-electron chi connectivity index (χ4n) is 3.07. The molecule has 1 aliphatic heterocycles. The molecule has 0 unspecified atom stereocenters. The molecule has 0 spiro atoms. The van der Waals surface area contributed by atoms with Gasteiger partial charge in [0, 0.05) is 24.2 Å². The van der Waals surface area contributed by atoms with Crippen LogP contribution in [0.2, 0.25) is 10.0 Å². The van der Waals surface area contributed by atoms with Crippen LogP contribution in [0.4, 0.5) is 5.82 Å². The molecule has 6 nitrogen and oxygen atoms in total. The molecule has 138 valence electrons. The molecule has 0 aliphatic carbocycles. The number of H-pyrrole nitrogens is 1. The zero-order valence-corrected chi connectivity index (χ0v) is 16.5. The Hall–Kier alpha value is -1.60.